The third-order valence-electron chi connectivity index (χ3n) is 1.76. The molecule has 0 unspecified atom stereocenters. The number of nitrogens with one attached hydrogen (secondary N) is 2. The summed E-state index contributed by atoms with van der Waals surface area (Å²) >= 11 is 0. The highest BCUT2D eigenvalue weighted by Crippen LogP contribution is 1.81. The highest BCUT2D eigenvalue weighted by molar-refractivity contribution is 14.0. The number of amides is 1. The van der Waals surface area contributed by atoms with Gasteiger partial charge in [-0.25, -0.2) is 4.99 Å². The van der Waals surface area contributed by atoms with Crippen molar-refractivity contribution in [1.29, 1.82) is 0 Å². The molecule has 5 nitrogen and oxygen atoms in total. The number of carbonyl (C=O) groups excluding carboxylic acids is 1. The molecule has 0 saturated carbocycles. The largest absolute Gasteiger partial charge is 0.357 e. The summed E-state index contributed by atoms with van der Waals surface area (Å²) in [6.45, 7) is 5.93. The Labute approximate surface area is 115 Å². The van der Waals surface area contributed by atoms with Crippen molar-refractivity contribution in [2.45, 2.75) is 20.3 Å². The van der Waals surface area contributed by atoms with E-state index in [9.17, 15) is 4.79 Å². The van der Waals surface area contributed by atoms with Gasteiger partial charge in [0.1, 0.15) is 6.54 Å². The molecule has 0 aromatic rings. The van der Waals surface area contributed by atoms with Gasteiger partial charge in [-0.3, -0.25) is 4.79 Å². The van der Waals surface area contributed by atoms with E-state index in [0.717, 1.165) is 19.5 Å². The van der Waals surface area contributed by atoms with Gasteiger partial charge in [0.2, 0.25) is 5.91 Å². The monoisotopic (exact) mass is 342 g/mol. The molecule has 0 aromatic carbocycles. The van der Waals surface area contributed by atoms with Crippen molar-refractivity contribution in [1.82, 2.24) is 15.5 Å². The van der Waals surface area contributed by atoms with Crippen molar-refractivity contribution >= 4 is 35.8 Å². The molecule has 96 valence electrons. The molecule has 0 radical (unpaired) electrons. The van der Waals surface area contributed by atoms with E-state index in [4.69, 9.17) is 0 Å². The number of aliphatic imine (C=N–C) groups is 1. The maximum Gasteiger partial charge on any atom is 0.243 e. The van der Waals surface area contributed by atoms with Gasteiger partial charge in [-0.1, -0.05) is 6.92 Å². The van der Waals surface area contributed by atoms with Gasteiger partial charge in [0.05, 0.1) is 0 Å². The zero-order valence-electron chi connectivity index (χ0n) is 10.5. The molecule has 0 spiro atoms. The quantitative estimate of drug-likeness (QED) is 0.438. The van der Waals surface area contributed by atoms with Crippen molar-refractivity contribution in [2.24, 2.45) is 4.99 Å². The molecule has 0 fully saturated rings. The molecule has 0 aliphatic carbocycles. The fourth-order valence-electron chi connectivity index (χ4n) is 0.873. The minimum absolute atomic E-state index is 0. The highest BCUT2D eigenvalue weighted by Gasteiger charge is 2.02. The predicted molar refractivity (Wildman–Crippen MR) is 78.4 cm³/mol. The molecular weight excluding hydrogens is 319 g/mol. The van der Waals surface area contributed by atoms with Crippen LogP contribution in [0.25, 0.3) is 0 Å². The third-order valence-corrected chi connectivity index (χ3v) is 1.76. The Balaban J connectivity index is 0. The van der Waals surface area contributed by atoms with E-state index >= 15 is 0 Å². The smallest absolute Gasteiger partial charge is 0.243 e. The van der Waals surface area contributed by atoms with Crippen LogP contribution < -0.4 is 10.6 Å². The summed E-state index contributed by atoms with van der Waals surface area (Å²) in [5.41, 5.74) is 0. The maximum absolute atomic E-state index is 11.3. The fourth-order valence-corrected chi connectivity index (χ4v) is 0.873. The van der Waals surface area contributed by atoms with Gasteiger partial charge in [0, 0.05) is 27.2 Å². The lowest BCUT2D eigenvalue weighted by molar-refractivity contribution is -0.127. The third kappa shape index (κ3) is 8.75. The lowest BCUT2D eigenvalue weighted by atomic mass is 10.5. The molecule has 2 N–H and O–H groups in total. The summed E-state index contributed by atoms with van der Waals surface area (Å²) in [5, 5.41) is 6.21. The molecule has 0 rings (SSSR count). The van der Waals surface area contributed by atoms with Crippen LogP contribution in [0, 0.1) is 0 Å². The van der Waals surface area contributed by atoms with Crippen molar-refractivity contribution in [3.8, 4) is 0 Å². The van der Waals surface area contributed by atoms with Gasteiger partial charge in [-0.15, -0.1) is 24.0 Å². The predicted octanol–water partition coefficient (Wildman–Crippen LogP) is 0.658. The number of hydrogen-bond acceptors (Lipinski definition) is 2. The average molecular weight is 342 g/mol. The van der Waals surface area contributed by atoms with Gasteiger partial charge in [-0.05, 0) is 13.3 Å². The first-order valence-electron chi connectivity index (χ1n) is 5.34. The van der Waals surface area contributed by atoms with Crippen LogP contribution in [0.5, 0.6) is 0 Å². The van der Waals surface area contributed by atoms with Crippen LogP contribution in [0.3, 0.4) is 0 Å². The van der Waals surface area contributed by atoms with Gasteiger partial charge in [0.15, 0.2) is 5.96 Å². The molecule has 16 heavy (non-hydrogen) atoms. The van der Waals surface area contributed by atoms with Crippen LogP contribution in [0.4, 0.5) is 0 Å². The maximum atomic E-state index is 11.3. The second-order valence-electron chi connectivity index (χ2n) is 3.41. The summed E-state index contributed by atoms with van der Waals surface area (Å²) in [4.78, 5) is 17.0. The van der Waals surface area contributed by atoms with Crippen LogP contribution in [0.2, 0.25) is 0 Å². The second kappa shape index (κ2) is 11.0. The average Bonchev–Trinajstić information content (AvgIpc) is 2.21. The lowest BCUT2D eigenvalue weighted by Gasteiger charge is -2.11. The van der Waals surface area contributed by atoms with Gasteiger partial charge < -0.3 is 15.5 Å². The molecule has 0 aliphatic heterocycles. The summed E-state index contributed by atoms with van der Waals surface area (Å²) < 4.78 is 0. The van der Waals surface area contributed by atoms with E-state index in [2.05, 4.69) is 22.5 Å². The number of nitrogens with zero attached hydrogens (tertiary/aromatic N) is 2. The first kappa shape index (κ1) is 17.9. The zero-order valence-corrected chi connectivity index (χ0v) is 12.9. The van der Waals surface area contributed by atoms with Crippen LogP contribution in [0.1, 0.15) is 20.3 Å². The Morgan fingerprint density at radius 2 is 1.88 bits per heavy atom. The van der Waals surface area contributed by atoms with Gasteiger partial charge in [0.25, 0.3) is 0 Å². The Morgan fingerprint density at radius 1 is 1.25 bits per heavy atom. The minimum Gasteiger partial charge on any atom is -0.357 e. The van der Waals surface area contributed by atoms with Crippen LogP contribution >= 0.6 is 24.0 Å². The minimum atomic E-state index is 0. The first-order valence-corrected chi connectivity index (χ1v) is 5.34. The lowest BCUT2D eigenvalue weighted by Crippen LogP contribution is -2.38. The fraction of sp³-hybridized carbons (Fsp3) is 0.800. The Kier molecular flexibility index (Phi) is 12.2. The number of carbonyl (C=O) groups is 1. The summed E-state index contributed by atoms with van der Waals surface area (Å²) in [7, 11) is 3.45. The van der Waals surface area contributed by atoms with Crippen molar-refractivity contribution in [3.05, 3.63) is 0 Å². The van der Waals surface area contributed by atoms with E-state index < -0.39 is 0 Å². The summed E-state index contributed by atoms with van der Waals surface area (Å²) in [6.07, 6.45) is 1.03. The zero-order chi connectivity index (χ0) is 11.7. The van der Waals surface area contributed by atoms with E-state index in [1.165, 1.54) is 4.90 Å². The van der Waals surface area contributed by atoms with Crippen molar-refractivity contribution in [3.63, 3.8) is 0 Å². The molecule has 0 aliphatic rings. The summed E-state index contributed by atoms with van der Waals surface area (Å²) in [6, 6.07) is 0. The normalized spacial score (nSPS) is 10.4. The van der Waals surface area contributed by atoms with E-state index in [0.29, 0.717) is 5.96 Å². The van der Waals surface area contributed by atoms with Crippen LogP contribution in [-0.2, 0) is 4.79 Å². The summed E-state index contributed by atoms with van der Waals surface area (Å²) in [5.74, 6) is 0.707. The van der Waals surface area contributed by atoms with E-state index in [-0.39, 0.29) is 36.4 Å². The van der Waals surface area contributed by atoms with Crippen LogP contribution in [0.15, 0.2) is 4.99 Å². The Bertz CT molecular complexity index is 219. The number of guanidine groups is 1. The molecule has 0 saturated heterocycles. The number of likely N-dealkylation sites (N-methyl/N-ethyl adjacent to an activating group) is 1. The van der Waals surface area contributed by atoms with E-state index in [1.54, 1.807) is 14.1 Å². The number of hydrogen-bond donors (Lipinski definition) is 2. The molecule has 1 amide bonds. The number of halogens is 1. The van der Waals surface area contributed by atoms with Crippen molar-refractivity contribution in [2.75, 3.05) is 33.7 Å². The Morgan fingerprint density at radius 3 is 2.31 bits per heavy atom. The standard InChI is InChI=1S/C10H22N4O.HI/c1-5-7-12-10(11-6-2)13-8-9(15)14(3)4;/h5-8H2,1-4H3,(H2,11,12,13);1H. The molecule has 0 atom stereocenters. The molecule has 0 aromatic heterocycles. The van der Waals surface area contributed by atoms with Gasteiger partial charge >= 0.3 is 0 Å². The molecular formula is C10H23IN4O. The molecule has 6 heteroatoms. The Hall–Kier alpha value is -0.530. The highest BCUT2D eigenvalue weighted by atomic mass is 127. The topological polar surface area (TPSA) is 56.7 Å². The van der Waals surface area contributed by atoms with E-state index in [1.807, 2.05) is 6.92 Å². The molecule has 0 heterocycles. The number of rotatable bonds is 5. The van der Waals surface area contributed by atoms with Crippen molar-refractivity contribution < 1.29 is 4.79 Å². The molecule has 0 bridgehead atoms. The van der Waals surface area contributed by atoms with Gasteiger partial charge in [-0.2, -0.15) is 0 Å². The first-order chi connectivity index (χ1) is 7.11. The second-order valence-corrected chi connectivity index (χ2v) is 3.41. The van der Waals surface area contributed by atoms with Crippen LogP contribution in [-0.4, -0.2) is 50.5 Å². The SMILES string of the molecule is CCCNC(=NCC(=O)N(C)C)NCC.I.